The van der Waals surface area contributed by atoms with Gasteiger partial charge in [-0.2, -0.15) is 0 Å². The molecule has 0 spiro atoms. The van der Waals surface area contributed by atoms with Crippen LogP contribution < -0.4 is 0 Å². The van der Waals surface area contributed by atoms with Crippen LogP contribution in [0.25, 0.3) is 0 Å². The third kappa shape index (κ3) is 2.46. The summed E-state index contributed by atoms with van der Waals surface area (Å²) in [5.74, 6) is -2.83. The minimum Gasteiger partial charge on any atom is -0.241 e. The first-order valence-electron chi connectivity index (χ1n) is 6.23. The molecule has 1 aromatic heterocycles. The van der Waals surface area contributed by atoms with Gasteiger partial charge in [0.25, 0.3) is 0 Å². The number of nitrogens with zero attached hydrogens (tertiary/aromatic N) is 1. The third-order valence-electron chi connectivity index (χ3n) is 1.01. The van der Waals surface area contributed by atoms with E-state index in [1.165, 1.54) is 12.1 Å². The van der Waals surface area contributed by atoms with E-state index in [4.69, 9.17) is 21.2 Å². The summed E-state index contributed by atoms with van der Waals surface area (Å²) in [6.45, 7) is -6.12. The lowest BCUT2D eigenvalue weighted by atomic mass is 10.1. The molecule has 0 aromatic carbocycles. The fourth-order valence-electron chi connectivity index (χ4n) is 0.594. The maximum Gasteiger partial charge on any atom is 0.130 e. The lowest BCUT2D eigenvalue weighted by Gasteiger charge is -2.04. The van der Waals surface area contributed by atoms with Crippen LogP contribution in [0, 0.1) is 0 Å². The normalized spacial score (nSPS) is 23.3. The highest BCUT2D eigenvalue weighted by atomic mass is 79.9. The van der Waals surface area contributed by atoms with Crippen molar-refractivity contribution in [3.8, 4) is 0 Å². The molecule has 0 aliphatic rings. The van der Waals surface area contributed by atoms with Crippen molar-refractivity contribution in [3.05, 3.63) is 27.5 Å². The highest BCUT2D eigenvalue weighted by Gasteiger charge is 2.02. The second-order valence-electron chi connectivity index (χ2n) is 1.87. The number of pyridine rings is 1. The molecule has 0 radical (unpaired) electrons. The Morgan fingerprint density at radius 2 is 2.45 bits per heavy atom. The van der Waals surface area contributed by atoms with Crippen LogP contribution in [0.2, 0.25) is 5.15 Å². The molecule has 0 atom stereocenters. The molecule has 0 unspecified atom stereocenters. The molecule has 1 aromatic rings. The smallest absolute Gasteiger partial charge is 0.130 e. The Bertz CT molecular complexity index is 421. The highest BCUT2D eigenvalue weighted by molar-refractivity contribution is 9.10. The zero-order chi connectivity index (χ0) is 14.4. The monoisotopic (exact) mass is 240 g/mol. The minimum atomic E-state index is -3.06. The van der Waals surface area contributed by atoms with Crippen molar-refractivity contribution in [2.45, 2.75) is 19.6 Å². The average Bonchev–Trinajstić information content (AvgIpc) is 2.11. The van der Waals surface area contributed by atoms with Gasteiger partial charge in [0.05, 0.1) is 0 Å². The van der Waals surface area contributed by atoms with E-state index in [9.17, 15) is 0 Å². The lowest BCUT2D eigenvalue weighted by Crippen LogP contribution is -1.91. The van der Waals surface area contributed by atoms with E-state index < -0.39 is 25.3 Å². The van der Waals surface area contributed by atoms with Crippen molar-refractivity contribution in [3.63, 3.8) is 0 Å². The average molecular weight is 242 g/mol. The Labute approximate surface area is 89.8 Å². The van der Waals surface area contributed by atoms with Crippen molar-refractivity contribution in [2.24, 2.45) is 0 Å². The zero-order valence-corrected chi connectivity index (χ0v) is 7.70. The van der Waals surface area contributed by atoms with Crippen LogP contribution in [-0.2, 0) is 0 Å². The van der Waals surface area contributed by atoms with Gasteiger partial charge in [-0.1, -0.05) is 41.2 Å². The van der Waals surface area contributed by atoms with Crippen molar-refractivity contribution in [1.82, 2.24) is 4.98 Å². The zero-order valence-electron chi connectivity index (χ0n) is 12.4. The van der Waals surface area contributed by atoms with Crippen LogP contribution >= 0.6 is 27.5 Å². The molecule has 0 fully saturated rings. The molecule has 3 heteroatoms. The topological polar surface area (TPSA) is 12.9 Å². The first-order chi connectivity index (χ1) is 7.89. The van der Waals surface area contributed by atoms with Crippen LogP contribution in [0.15, 0.2) is 16.6 Å². The molecule has 1 heterocycles. The van der Waals surface area contributed by atoms with E-state index in [1.807, 2.05) is 0 Å². The van der Waals surface area contributed by atoms with Crippen molar-refractivity contribution < 1.29 is 9.60 Å². The fourth-order valence-corrected chi connectivity index (χ4v) is 1.37. The van der Waals surface area contributed by atoms with Gasteiger partial charge in [0.15, 0.2) is 0 Å². The van der Waals surface area contributed by atoms with E-state index in [2.05, 4.69) is 20.9 Å². The molecule has 0 N–H and O–H groups in total. The molecule has 0 aliphatic carbocycles. The Balaban J connectivity index is 3.55. The summed E-state index contributed by atoms with van der Waals surface area (Å²) in [5, 5.41) is -0.0792. The number of halogens is 2. The van der Waals surface area contributed by atoms with Gasteiger partial charge < -0.3 is 0 Å². The van der Waals surface area contributed by atoms with Crippen molar-refractivity contribution >= 4 is 27.5 Å². The molecule has 60 valence electrons. The molecule has 1 rings (SSSR count). The van der Waals surface area contributed by atoms with Crippen molar-refractivity contribution in [1.29, 1.82) is 0 Å². The van der Waals surface area contributed by atoms with Crippen LogP contribution in [0.1, 0.15) is 34.9 Å². The first kappa shape index (κ1) is 3.35. The molecular formula is C8H9BrClN. The lowest BCUT2D eigenvalue weighted by molar-refractivity contribution is 0.822. The van der Waals surface area contributed by atoms with Gasteiger partial charge >= 0.3 is 0 Å². The summed E-state index contributed by atoms with van der Waals surface area (Å²) in [6, 6.07) is 2.56. The molecule has 0 amide bonds. The largest absolute Gasteiger partial charge is 0.241 e. The predicted octanol–water partition coefficient (Wildman–Crippen LogP) is 3.62. The summed E-state index contributed by atoms with van der Waals surface area (Å²) < 4.78 is 52.1. The maximum absolute atomic E-state index is 7.89. The summed E-state index contributed by atoms with van der Waals surface area (Å²) in [7, 11) is 0. The Hall–Kier alpha value is -0.0800. The molecule has 0 saturated carbocycles. The van der Waals surface area contributed by atoms with E-state index >= 15 is 0 Å². The molecule has 0 saturated heterocycles. The minimum absolute atomic E-state index is 0.0792. The number of hydrogen-bond acceptors (Lipinski definition) is 1. The summed E-state index contributed by atoms with van der Waals surface area (Å²) in [4.78, 5) is 3.67. The fraction of sp³-hybridized carbons (Fsp3) is 0.375. The van der Waals surface area contributed by atoms with E-state index in [0.29, 0.717) is 4.47 Å². The number of rotatable bonds is 1. The third-order valence-corrected chi connectivity index (χ3v) is 1.67. The maximum atomic E-state index is 7.89. The molecule has 0 aliphatic heterocycles. The van der Waals surface area contributed by atoms with E-state index in [1.54, 1.807) is 0 Å². The van der Waals surface area contributed by atoms with Gasteiger partial charge in [-0.05, 0) is 18.0 Å². The quantitative estimate of drug-likeness (QED) is 0.685. The molecule has 11 heavy (non-hydrogen) atoms. The van der Waals surface area contributed by atoms with Gasteiger partial charge in [-0.15, -0.1) is 0 Å². The second-order valence-corrected chi connectivity index (χ2v) is 3.17. The van der Waals surface area contributed by atoms with Gasteiger partial charge in [-0.25, -0.2) is 4.98 Å². The van der Waals surface area contributed by atoms with Gasteiger partial charge in [-0.3, -0.25) is 0 Å². The number of aromatic nitrogens is 1. The summed E-state index contributed by atoms with van der Waals surface area (Å²) in [5.41, 5.74) is -0.415. The van der Waals surface area contributed by atoms with Gasteiger partial charge in [0.2, 0.25) is 0 Å². The van der Waals surface area contributed by atoms with E-state index in [0.717, 1.165) is 0 Å². The first-order valence-corrected chi connectivity index (χ1v) is 3.90. The highest BCUT2D eigenvalue weighted by Crippen LogP contribution is 2.20. The van der Waals surface area contributed by atoms with Gasteiger partial charge in [0.1, 0.15) is 5.15 Å². The predicted molar refractivity (Wildman–Crippen MR) is 51.0 cm³/mol. The Morgan fingerprint density at radius 1 is 1.73 bits per heavy atom. The van der Waals surface area contributed by atoms with Crippen LogP contribution in [0.3, 0.4) is 0 Å². The molecule has 1 nitrogen and oxygen atoms in total. The number of hydrogen-bond donors (Lipinski definition) is 0. The van der Waals surface area contributed by atoms with Gasteiger partial charge in [0, 0.05) is 19.8 Å². The summed E-state index contributed by atoms with van der Waals surface area (Å²) in [6.07, 6.45) is 0. The van der Waals surface area contributed by atoms with Crippen molar-refractivity contribution in [2.75, 3.05) is 0 Å². The van der Waals surface area contributed by atoms with Crippen LogP contribution in [0.5, 0.6) is 0 Å². The van der Waals surface area contributed by atoms with Crippen LogP contribution in [0.4, 0.5) is 0 Å². The van der Waals surface area contributed by atoms with E-state index in [-0.39, 0.29) is 5.15 Å². The van der Waals surface area contributed by atoms with Crippen LogP contribution in [-0.4, -0.2) is 4.98 Å². The Kier molecular flexibility index (Phi) is 1.08. The summed E-state index contributed by atoms with van der Waals surface area (Å²) >= 11 is 8.73. The standard InChI is InChI=1S/C8H9BrClN/c1-5(2)7-3-6(9)4-8(10)11-7/h3-5H,1-2H3/i1D3,2D3,5D. The SMILES string of the molecule is [2H]C([2H])([2H])C([2H])(c1cc(Br)cc(Cl)n1)C([2H])([2H])[2H]. The molecular weight excluding hydrogens is 225 g/mol. The Morgan fingerprint density at radius 3 is 3.00 bits per heavy atom. The molecule has 0 bridgehead atoms. The second kappa shape index (κ2) is 3.55.